The minimum Gasteiger partial charge on any atom is -0.493 e. The molecule has 0 saturated carbocycles. The normalized spacial score (nSPS) is 15.5. The van der Waals surface area contributed by atoms with Gasteiger partial charge in [0.2, 0.25) is 11.7 Å². The second kappa shape index (κ2) is 6.59. The highest BCUT2D eigenvalue weighted by atomic mass is 16.5. The third-order valence-corrected chi connectivity index (χ3v) is 5.19. The Morgan fingerprint density at radius 1 is 1.00 bits per heavy atom. The molecule has 2 heterocycles. The van der Waals surface area contributed by atoms with Gasteiger partial charge in [-0.25, -0.2) is 0 Å². The Balaban J connectivity index is 1.84. The number of fused-ring (bicyclic) bond motifs is 3. The van der Waals surface area contributed by atoms with Gasteiger partial charge in [-0.15, -0.1) is 0 Å². The maximum atomic E-state index is 12.6. The van der Waals surface area contributed by atoms with Crippen molar-refractivity contribution in [1.29, 1.82) is 0 Å². The number of H-pyrrole nitrogens is 1. The zero-order valence-corrected chi connectivity index (χ0v) is 15.8. The van der Waals surface area contributed by atoms with E-state index in [-0.39, 0.29) is 23.2 Å². The molecule has 9 heteroatoms. The van der Waals surface area contributed by atoms with Crippen LogP contribution in [-0.4, -0.2) is 36.3 Å². The van der Waals surface area contributed by atoms with Crippen LogP contribution in [0.5, 0.6) is 17.2 Å². The molecule has 0 radical (unpaired) electrons. The molecule has 28 heavy (non-hydrogen) atoms. The maximum Gasteiger partial charge on any atom is 0.253 e. The van der Waals surface area contributed by atoms with E-state index in [0.717, 1.165) is 11.1 Å². The fraction of sp³-hybridized carbons (Fsp3) is 0.316. The Hall–Kier alpha value is -3.49. The van der Waals surface area contributed by atoms with Crippen molar-refractivity contribution < 1.29 is 14.2 Å². The fourth-order valence-electron chi connectivity index (χ4n) is 3.93. The van der Waals surface area contributed by atoms with Gasteiger partial charge in [-0.3, -0.25) is 4.79 Å². The quantitative estimate of drug-likeness (QED) is 0.614. The number of ether oxygens (including phenoxy) is 3. The molecule has 0 aliphatic heterocycles. The molecule has 5 N–H and O–H groups in total. The number of pyridine rings is 1. The lowest BCUT2D eigenvalue weighted by atomic mass is 9.95. The average molecular weight is 383 g/mol. The van der Waals surface area contributed by atoms with Gasteiger partial charge in [0.25, 0.3) is 5.56 Å². The Kier molecular flexibility index (Phi) is 4.21. The minimum atomic E-state index is -0.185. The zero-order chi connectivity index (χ0) is 20.0. The molecular weight excluding hydrogens is 362 g/mol. The molecule has 1 aromatic carbocycles. The first kappa shape index (κ1) is 17.9. The summed E-state index contributed by atoms with van der Waals surface area (Å²) in [5.74, 6) is 2.01. The number of nitrogens with zero attached hydrogens (tertiary/aromatic N) is 2. The number of benzene rings is 1. The third kappa shape index (κ3) is 2.67. The van der Waals surface area contributed by atoms with Gasteiger partial charge in [0.1, 0.15) is 11.5 Å². The van der Waals surface area contributed by atoms with Crippen molar-refractivity contribution >= 4 is 22.8 Å². The van der Waals surface area contributed by atoms with Crippen LogP contribution in [0, 0.1) is 0 Å². The summed E-state index contributed by atoms with van der Waals surface area (Å²) in [6, 6.07) is 3.82. The lowest BCUT2D eigenvalue weighted by Gasteiger charge is -2.17. The summed E-state index contributed by atoms with van der Waals surface area (Å²) in [5.41, 5.74) is 14.4. The average Bonchev–Trinajstić information content (AvgIpc) is 3.12. The van der Waals surface area contributed by atoms with E-state index in [1.54, 1.807) is 21.3 Å². The first-order valence-corrected chi connectivity index (χ1v) is 8.73. The molecule has 9 nitrogen and oxygen atoms in total. The number of nitrogens with one attached hydrogen (secondary N) is 1. The van der Waals surface area contributed by atoms with Crippen molar-refractivity contribution in [2.24, 2.45) is 0 Å². The third-order valence-electron chi connectivity index (χ3n) is 5.19. The van der Waals surface area contributed by atoms with E-state index in [9.17, 15) is 4.79 Å². The number of methoxy groups -OCH3 is 3. The Morgan fingerprint density at radius 3 is 2.25 bits per heavy atom. The SMILES string of the molecule is COc1cc(C2Cc3c(c4c(N)nc(N)nc4[nH]c3=O)C2)cc(OC)c1OC. The predicted octanol–water partition coefficient (Wildman–Crippen LogP) is 1.39. The molecule has 0 amide bonds. The van der Waals surface area contributed by atoms with Crippen molar-refractivity contribution in [3.05, 3.63) is 39.2 Å². The topological polar surface area (TPSA) is 138 Å². The fourth-order valence-corrected chi connectivity index (χ4v) is 3.93. The molecule has 2 aromatic heterocycles. The highest BCUT2D eigenvalue weighted by Gasteiger charge is 2.30. The molecule has 3 aromatic rings. The molecule has 0 saturated heterocycles. The lowest BCUT2D eigenvalue weighted by molar-refractivity contribution is 0.323. The van der Waals surface area contributed by atoms with Crippen molar-refractivity contribution in [2.45, 2.75) is 18.8 Å². The number of rotatable bonds is 4. The Bertz CT molecular complexity index is 1120. The standard InChI is InChI=1S/C19H21N5O4/c1-26-12-6-9(7-13(27-2)15(12)28-3)8-4-10-11(5-8)18(25)23-17-14(10)16(20)22-19(21)24-17/h6-8H,4-5H2,1-3H3,(H5,20,21,22,23,24,25). The largest absolute Gasteiger partial charge is 0.493 e. The second-order valence-electron chi connectivity index (χ2n) is 6.67. The molecule has 1 atom stereocenters. The molecule has 1 unspecified atom stereocenters. The number of anilines is 2. The molecule has 0 fully saturated rings. The predicted molar refractivity (Wildman–Crippen MR) is 105 cm³/mol. The maximum absolute atomic E-state index is 12.6. The van der Waals surface area contributed by atoms with Crippen molar-refractivity contribution in [1.82, 2.24) is 15.0 Å². The highest BCUT2D eigenvalue weighted by molar-refractivity contribution is 5.90. The number of aromatic amines is 1. The van der Waals surface area contributed by atoms with E-state index >= 15 is 0 Å². The molecule has 4 rings (SSSR count). The summed E-state index contributed by atoms with van der Waals surface area (Å²) in [6.45, 7) is 0. The molecule has 1 aliphatic rings. The number of nitrogen functional groups attached to an aromatic ring is 2. The summed E-state index contributed by atoms with van der Waals surface area (Å²) < 4.78 is 16.3. The molecule has 1 aliphatic carbocycles. The van der Waals surface area contributed by atoms with Crippen LogP contribution in [-0.2, 0) is 12.8 Å². The van der Waals surface area contributed by atoms with Crippen LogP contribution in [0.4, 0.5) is 11.8 Å². The monoisotopic (exact) mass is 383 g/mol. The van der Waals surface area contributed by atoms with E-state index in [1.165, 1.54) is 0 Å². The van der Waals surface area contributed by atoms with Crippen LogP contribution in [0.1, 0.15) is 22.6 Å². The summed E-state index contributed by atoms with van der Waals surface area (Å²) >= 11 is 0. The van der Waals surface area contributed by atoms with E-state index in [1.807, 2.05) is 12.1 Å². The summed E-state index contributed by atoms with van der Waals surface area (Å²) in [7, 11) is 4.71. The first-order valence-electron chi connectivity index (χ1n) is 8.73. The lowest BCUT2D eigenvalue weighted by Crippen LogP contribution is -2.15. The summed E-state index contributed by atoms with van der Waals surface area (Å²) in [6.07, 6.45) is 1.18. The van der Waals surface area contributed by atoms with Crippen molar-refractivity contribution in [3.63, 3.8) is 0 Å². The summed E-state index contributed by atoms with van der Waals surface area (Å²) in [5, 5.41) is 0.652. The van der Waals surface area contributed by atoms with E-state index in [0.29, 0.717) is 46.7 Å². The number of hydrogen-bond acceptors (Lipinski definition) is 8. The van der Waals surface area contributed by atoms with Gasteiger partial charge >= 0.3 is 0 Å². The smallest absolute Gasteiger partial charge is 0.253 e. The highest BCUT2D eigenvalue weighted by Crippen LogP contribution is 2.43. The van der Waals surface area contributed by atoms with Gasteiger partial charge < -0.3 is 30.7 Å². The van der Waals surface area contributed by atoms with E-state index < -0.39 is 0 Å². The Morgan fingerprint density at radius 2 is 1.64 bits per heavy atom. The molecule has 146 valence electrons. The van der Waals surface area contributed by atoms with Crippen LogP contribution in [0.25, 0.3) is 11.0 Å². The molecule has 0 bridgehead atoms. The van der Waals surface area contributed by atoms with Crippen LogP contribution >= 0.6 is 0 Å². The molecule has 0 spiro atoms. The van der Waals surface area contributed by atoms with Crippen LogP contribution in [0.15, 0.2) is 16.9 Å². The Labute approximate surface area is 160 Å². The van der Waals surface area contributed by atoms with Crippen molar-refractivity contribution in [2.75, 3.05) is 32.8 Å². The van der Waals surface area contributed by atoms with Gasteiger partial charge in [0.05, 0.1) is 26.7 Å². The van der Waals surface area contributed by atoms with Crippen LogP contribution < -0.4 is 31.2 Å². The second-order valence-corrected chi connectivity index (χ2v) is 6.67. The van der Waals surface area contributed by atoms with Gasteiger partial charge in [-0.05, 0) is 42.0 Å². The number of nitrogens with two attached hydrogens (primary N) is 2. The van der Waals surface area contributed by atoms with Crippen molar-refractivity contribution in [3.8, 4) is 17.2 Å². The van der Waals surface area contributed by atoms with Gasteiger partial charge in [0.15, 0.2) is 11.5 Å². The summed E-state index contributed by atoms with van der Waals surface area (Å²) in [4.78, 5) is 23.5. The van der Waals surface area contributed by atoms with Crippen LogP contribution in [0.2, 0.25) is 0 Å². The van der Waals surface area contributed by atoms with Gasteiger partial charge in [0, 0.05) is 5.56 Å². The minimum absolute atomic E-state index is 0.0276. The van der Waals surface area contributed by atoms with Gasteiger partial charge in [-0.2, -0.15) is 9.97 Å². The first-order chi connectivity index (χ1) is 13.5. The van der Waals surface area contributed by atoms with Crippen LogP contribution in [0.3, 0.4) is 0 Å². The van der Waals surface area contributed by atoms with E-state index in [4.69, 9.17) is 25.7 Å². The zero-order valence-electron chi connectivity index (χ0n) is 15.8. The molecular formula is C19H21N5O4. The van der Waals surface area contributed by atoms with E-state index in [2.05, 4.69) is 15.0 Å². The number of hydrogen-bond donors (Lipinski definition) is 3. The van der Waals surface area contributed by atoms with Gasteiger partial charge in [-0.1, -0.05) is 0 Å². The number of aromatic nitrogens is 3.